The molecule has 0 aliphatic carbocycles. The van der Waals surface area contributed by atoms with Crippen LogP contribution in [-0.2, 0) is 12.8 Å². The van der Waals surface area contributed by atoms with Crippen LogP contribution in [0.15, 0.2) is 23.6 Å². The summed E-state index contributed by atoms with van der Waals surface area (Å²) in [5.74, 6) is 7.55. The van der Waals surface area contributed by atoms with Crippen LogP contribution < -0.4 is 20.7 Å². The maximum absolute atomic E-state index is 6.21. The molecule has 0 amide bonds. The number of fused-ring (bicyclic) bond motifs is 1. The van der Waals surface area contributed by atoms with Crippen molar-refractivity contribution < 1.29 is 9.47 Å². The molecule has 0 bridgehead atoms. The van der Waals surface area contributed by atoms with E-state index in [-0.39, 0.29) is 6.04 Å². The molecule has 1 aromatic heterocycles. The molecule has 0 radical (unpaired) electrons. The molecule has 21 heavy (non-hydrogen) atoms. The molecular weight excluding hydrogens is 308 g/mol. The summed E-state index contributed by atoms with van der Waals surface area (Å²) in [7, 11) is 1.67. The Morgan fingerprint density at radius 1 is 1.52 bits per heavy atom. The SMILES string of the molecule is COc1ccsc1C(Cc1cc(Cl)cc2c1OCC2)NN. The topological polar surface area (TPSA) is 56.5 Å². The maximum atomic E-state index is 6.21. The Morgan fingerprint density at radius 2 is 2.38 bits per heavy atom. The summed E-state index contributed by atoms with van der Waals surface area (Å²) in [4.78, 5) is 1.08. The number of methoxy groups -OCH3 is 1. The van der Waals surface area contributed by atoms with Crippen molar-refractivity contribution in [1.82, 2.24) is 5.43 Å². The molecule has 3 N–H and O–H groups in total. The Kier molecular flexibility index (Phi) is 4.35. The fourth-order valence-electron chi connectivity index (χ4n) is 2.68. The van der Waals surface area contributed by atoms with Gasteiger partial charge in [-0.3, -0.25) is 11.3 Å². The molecule has 2 heterocycles. The van der Waals surface area contributed by atoms with Crippen molar-refractivity contribution in [3.8, 4) is 11.5 Å². The average molecular weight is 325 g/mol. The lowest BCUT2D eigenvalue weighted by Crippen LogP contribution is -2.29. The third kappa shape index (κ3) is 2.87. The lowest BCUT2D eigenvalue weighted by molar-refractivity contribution is 0.351. The van der Waals surface area contributed by atoms with E-state index in [0.717, 1.165) is 33.4 Å². The van der Waals surface area contributed by atoms with Crippen molar-refractivity contribution in [3.63, 3.8) is 0 Å². The molecule has 112 valence electrons. The average Bonchev–Trinajstić information content (AvgIpc) is 3.12. The van der Waals surface area contributed by atoms with E-state index in [9.17, 15) is 0 Å². The molecule has 1 unspecified atom stereocenters. The van der Waals surface area contributed by atoms with Crippen LogP contribution in [0.4, 0.5) is 0 Å². The number of hydrogen-bond acceptors (Lipinski definition) is 5. The van der Waals surface area contributed by atoms with E-state index in [1.165, 1.54) is 5.56 Å². The Bertz CT molecular complexity index is 645. The van der Waals surface area contributed by atoms with Gasteiger partial charge in [-0.05, 0) is 41.1 Å². The minimum atomic E-state index is -0.0354. The van der Waals surface area contributed by atoms with Crippen LogP contribution in [0.3, 0.4) is 0 Å². The van der Waals surface area contributed by atoms with E-state index >= 15 is 0 Å². The second kappa shape index (κ2) is 6.23. The van der Waals surface area contributed by atoms with Crippen LogP contribution in [0.25, 0.3) is 0 Å². The molecule has 6 heteroatoms. The quantitative estimate of drug-likeness (QED) is 0.655. The number of hydrazine groups is 1. The Balaban J connectivity index is 1.92. The summed E-state index contributed by atoms with van der Waals surface area (Å²) < 4.78 is 11.1. The number of nitrogens with one attached hydrogen (secondary N) is 1. The molecule has 0 saturated carbocycles. The Morgan fingerprint density at radius 3 is 3.14 bits per heavy atom. The molecule has 3 rings (SSSR count). The molecule has 1 aromatic carbocycles. The van der Waals surface area contributed by atoms with Crippen molar-refractivity contribution in [2.75, 3.05) is 13.7 Å². The first-order valence-electron chi connectivity index (χ1n) is 6.74. The zero-order valence-electron chi connectivity index (χ0n) is 11.7. The van der Waals surface area contributed by atoms with Crippen molar-refractivity contribution in [2.24, 2.45) is 5.84 Å². The highest BCUT2D eigenvalue weighted by Gasteiger charge is 2.23. The van der Waals surface area contributed by atoms with E-state index in [2.05, 4.69) is 5.43 Å². The van der Waals surface area contributed by atoms with Gasteiger partial charge in [-0.15, -0.1) is 11.3 Å². The van der Waals surface area contributed by atoms with Gasteiger partial charge in [0.25, 0.3) is 0 Å². The first kappa shape index (κ1) is 14.7. The van der Waals surface area contributed by atoms with Crippen molar-refractivity contribution in [2.45, 2.75) is 18.9 Å². The highest BCUT2D eigenvalue weighted by Crippen LogP contribution is 2.38. The van der Waals surface area contributed by atoms with Gasteiger partial charge in [0.2, 0.25) is 0 Å². The standard InChI is InChI=1S/C15H17ClN2O2S/c1-19-13-3-5-21-15(13)12(18-17)8-10-7-11(16)6-9-2-4-20-14(9)10/h3,5-7,12,18H,2,4,8,17H2,1H3. The smallest absolute Gasteiger partial charge is 0.134 e. The van der Waals surface area contributed by atoms with E-state index in [1.807, 2.05) is 23.6 Å². The summed E-state index contributed by atoms with van der Waals surface area (Å²) >= 11 is 7.83. The summed E-state index contributed by atoms with van der Waals surface area (Å²) in [6.45, 7) is 0.714. The predicted molar refractivity (Wildman–Crippen MR) is 85.3 cm³/mol. The zero-order chi connectivity index (χ0) is 14.8. The summed E-state index contributed by atoms with van der Waals surface area (Å²) in [5.41, 5.74) is 5.12. The first-order chi connectivity index (χ1) is 10.2. The maximum Gasteiger partial charge on any atom is 0.134 e. The van der Waals surface area contributed by atoms with Crippen molar-refractivity contribution in [1.29, 1.82) is 0 Å². The van der Waals surface area contributed by atoms with E-state index in [0.29, 0.717) is 13.0 Å². The Hall–Kier alpha value is -1.27. The molecule has 4 nitrogen and oxygen atoms in total. The fraction of sp³-hybridized carbons (Fsp3) is 0.333. The highest BCUT2D eigenvalue weighted by atomic mass is 35.5. The predicted octanol–water partition coefficient (Wildman–Crippen LogP) is 3.09. The normalized spacial score (nSPS) is 14.6. The molecule has 0 saturated heterocycles. The number of rotatable bonds is 5. The highest BCUT2D eigenvalue weighted by molar-refractivity contribution is 7.10. The number of nitrogens with two attached hydrogens (primary N) is 1. The van der Waals surface area contributed by atoms with Gasteiger partial charge in [0.1, 0.15) is 11.5 Å². The summed E-state index contributed by atoms with van der Waals surface area (Å²) in [6, 6.07) is 5.84. The van der Waals surface area contributed by atoms with Gasteiger partial charge in [0.15, 0.2) is 0 Å². The van der Waals surface area contributed by atoms with Gasteiger partial charge in [0, 0.05) is 11.4 Å². The minimum Gasteiger partial charge on any atom is -0.496 e. The molecule has 0 spiro atoms. The van der Waals surface area contributed by atoms with E-state index in [1.54, 1.807) is 18.4 Å². The fourth-order valence-corrected chi connectivity index (χ4v) is 3.86. The zero-order valence-corrected chi connectivity index (χ0v) is 13.3. The van der Waals surface area contributed by atoms with E-state index < -0.39 is 0 Å². The second-order valence-electron chi connectivity index (χ2n) is 4.93. The van der Waals surface area contributed by atoms with Gasteiger partial charge < -0.3 is 9.47 Å². The van der Waals surface area contributed by atoms with Crippen molar-refractivity contribution >= 4 is 22.9 Å². The second-order valence-corrected chi connectivity index (χ2v) is 6.31. The van der Waals surface area contributed by atoms with Gasteiger partial charge in [-0.2, -0.15) is 0 Å². The third-order valence-corrected chi connectivity index (χ3v) is 4.87. The van der Waals surface area contributed by atoms with Gasteiger partial charge in [-0.1, -0.05) is 11.6 Å². The van der Waals surface area contributed by atoms with Gasteiger partial charge in [0.05, 0.1) is 24.6 Å². The number of halogens is 1. The molecule has 1 aliphatic rings. The van der Waals surface area contributed by atoms with E-state index in [4.69, 9.17) is 26.9 Å². The Labute approximate surface area is 132 Å². The first-order valence-corrected chi connectivity index (χ1v) is 8.00. The van der Waals surface area contributed by atoms with Crippen LogP contribution in [0.2, 0.25) is 5.02 Å². The summed E-state index contributed by atoms with van der Waals surface area (Å²) in [6.07, 6.45) is 1.61. The minimum absolute atomic E-state index is 0.0354. The molecule has 1 aliphatic heterocycles. The molecular formula is C15H17ClN2O2S. The van der Waals surface area contributed by atoms with Crippen LogP contribution in [-0.4, -0.2) is 13.7 Å². The van der Waals surface area contributed by atoms with Gasteiger partial charge >= 0.3 is 0 Å². The molecule has 0 fully saturated rings. The summed E-state index contributed by atoms with van der Waals surface area (Å²) in [5, 5.41) is 2.74. The third-order valence-electron chi connectivity index (χ3n) is 3.64. The number of thiophene rings is 1. The van der Waals surface area contributed by atoms with Gasteiger partial charge in [-0.25, -0.2) is 0 Å². The number of hydrogen-bond donors (Lipinski definition) is 2. The van der Waals surface area contributed by atoms with Crippen LogP contribution in [0, 0.1) is 0 Å². The van der Waals surface area contributed by atoms with Crippen LogP contribution in [0.1, 0.15) is 22.0 Å². The molecule has 2 aromatic rings. The lowest BCUT2D eigenvalue weighted by Gasteiger charge is -2.18. The molecule has 1 atom stereocenters. The van der Waals surface area contributed by atoms with Crippen LogP contribution in [0.5, 0.6) is 11.5 Å². The number of benzene rings is 1. The van der Waals surface area contributed by atoms with Crippen LogP contribution >= 0.6 is 22.9 Å². The largest absolute Gasteiger partial charge is 0.496 e. The van der Waals surface area contributed by atoms with Crippen molar-refractivity contribution in [3.05, 3.63) is 44.6 Å². The number of ether oxygens (including phenoxy) is 2. The monoisotopic (exact) mass is 324 g/mol. The lowest BCUT2D eigenvalue weighted by atomic mass is 10.0.